The lowest BCUT2D eigenvalue weighted by atomic mass is 10.4. The molecular weight excluding hydrogens is 176 g/mol. The van der Waals surface area contributed by atoms with Crippen molar-refractivity contribution in [2.75, 3.05) is 0 Å². The lowest BCUT2D eigenvalue weighted by molar-refractivity contribution is -0.255. The van der Waals surface area contributed by atoms with E-state index in [9.17, 15) is 9.90 Å². The Morgan fingerprint density at radius 2 is 2.58 bits per heavy atom. The monoisotopic (exact) mass is 179 g/mol. The number of thiazole rings is 1. The third-order valence-corrected chi connectivity index (χ3v) is 1.87. The van der Waals surface area contributed by atoms with Gasteiger partial charge in [0.1, 0.15) is 11.0 Å². The van der Waals surface area contributed by atoms with Crippen LogP contribution >= 0.6 is 11.3 Å². The van der Waals surface area contributed by atoms with Crippen LogP contribution in [-0.4, -0.2) is 11.0 Å². The number of carboxylic acids is 1. The van der Waals surface area contributed by atoms with Crippen molar-refractivity contribution in [3.63, 3.8) is 0 Å². The van der Waals surface area contributed by atoms with Gasteiger partial charge in [-0.25, -0.2) is 4.98 Å². The highest BCUT2D eigenvalue weighted by atomic mass is 32.1. The van der Waals surface area contributed by atoms with Crippen LogP contribution in [0, 0.1) is 11.3 Å². The molecule has 0 amide bonds. The second kappa shape index (κ2) is 3.64. The van der Waals surface area contributed by atoms with E-state index >= 15 is 0 Å². The van der Waals surface area contributed by atoms with E-state index in [1.807, 2.05) is 0 Å². The van der Waals surface area contributed by atoms with Crippen LogP contribution in [0.5, 0.6) is 0 Å². The zero-order valence-electron chi connectivity index (χ0n) is 5.85. The largest absolute Gasteiger partial charge is 0.542 e. The number of rotatable bonds is 2. The minimum atomic E-state index is -1.29. The molecule has 0 saturated heterocycles. The first-order valence-electron chi connectivity index (χ1n) is 2.97. The van der Waals surface area contributed by atoms with Crippen LogP contribution in [0.2, 0.25) is 0 Å². The number of hydrogen-bond donors (Lipinski definition) is 0. The van der Waals surface area contributed by atoms with Crippen molar-refractivity contribution in [2.24, 2.45) is 0 Å². The number of nitriles is 1. The molecule has 1 rings (SSSR count). The van der Waals surface area contributed by atoms with Crippen LogP contribution < -0.4 is 5.11 Å². The number of allylic oxidation sites excluding steroid dienone is 1. The van der Waals surface area contributed by atoms with Gasteiger partial charge in [0.25, 0.3) is 0 Å². The molecule has 0 unspecified atom stereocenters. The Morgan fingerprint density at radius 1 is 1.83 bits per heavy atom. The van der Waals surface area contributed by atoms with E-state index in [1.54, 1.807) is 11.4 Å². The van der Waals surface area contributed by atoms with Crippen LogP contribution in [-0.2, 0) is 0 Å². The maximum absolute atomic E-state index is 10.2. The molecule has 60 valence electrons. The normalized spacial score (nSPS) is 9.92. The number of aromatic nitrogens is 1. The highest BCUT2D eigenvalue weighted by molar-refractivity contribution is 7.11. The lowest BCUT2D eigenvalue weighted by Crippen LogP contribution is -2.21. The van der Waals surface area contributed by atoms with Gasteiger partial charge in [-0.3, -0.25) is 0 Å². The first-order chi connectivity index (χ1) is 5.74. The van der Waals surface area contributed by atoms with Crippen molar-refractivity contribution in [1.29, 1.82) is 5.26 Å². The summed E-state index contributed by atoms with van der Waals surface area (Å²) in [5.41, 5.74) is 0.459. The van der Waals surface area contributed by atoms with E-state index in [2.05, 4.69) is 4.98 Å². The van der Waals surface area contributed by atoms with Crippen molar-refractivity contribution < 1.29 is 9.90 Å². The van der Waals surface area contributed by atoms with Gasteiger partial charge in [0.15, 0.2) is 0 Å². The fourth-order valence-corrected chi connectivity index (χ4v) is 1.20. The number of carbonyl (C=O) groups is 1. The molecule has 12 heavy (non-hydrogen) atoms. The molecule has 0 radical (unpaired) electrons. The molecule has 1 heterocycles. The first-order valence-corrected chi connectivity index (χ1v) is 3.85. The molecule has 0 saturated carbocycles. The summed E-state index contributed by atoms with van der Waals surface area (Å²) in [5.74, 6) is -1.29. The van der Waals surface area contributed by atoms with Crippen LogP contribution in [0.25, 0.3) is 6.08 Å². The second-order valence-electron chi connectivity index (χ2n) is 1.83. The van der Waals surface area contributed by atoms with E-state index in [-0.39, 0.29) is 5.01 Å². The number of carboxylic acid groups (broad SMARTS) is 1. The number of hydrogen-bond acceptors (Lipinski definition) is 5. The van der Waals surface area contributed by atoms with E-state index in [0.717, 1.165) is 11.3 Å². The summed E-state index contributed by atoms with van der Waals surface area (Å²) >= 11 is 0.974. The molecule has 0 aromatic carbocycles. The van der Waals surface area contributed by atoms with Gasteiger partial charge in [-0.1, -0.05) is 0 Å². The zero-order chi connectivity index (χ0) is 8.97. The SMILES string of the molecule is N#CC=Cc1csc(C(=O)[O-])n1. The van der Waals surface area contributed by atoms with Crippen LogP contribution in [0.3, 0.4) is 0 Å². The van der Waals surface area contributed by atoms with E-state index in [1.165, 1.54) is 12.2 Å². The zero-order valence-corrected chi connectivity index (χ0v) is 6.67. The fourth-order valence-electron chi connectivity index (χ4n) is 0.579. The smallest absolute Gasteiger partial charge is 0.139 e. The van der Waals surface area contributed by atoms with Crippen molar-refractivity contribution in [1.82, 2.24) is 4.98 Å². The molecular formula is C7H3N2O2S-. The number of carbonyl (C=O) groups excluding carboxylic acids is 1. The molecule has 0 aliphatic carbocycles. The van der Waals surface area contributed by atoms with Gasteiger partial charge >= 0.3 is 0 Å². The molecule has 0 aliphatic rings. The van der Waals surface area contributed by atoms with Gasteiger partial charge in [-0.2, -0.15) is 5.26 Å². The minimum Gasteiger partial charge on any atom is -0.542 e. The average Bonchev–Trinajstić information content (AvgIpc) is 2.48. The van der Waals surface area contributed by atoms with E-state index in [0.29, 0.717) is 5.69 Å². The Labute approximate surface area is 72.4 Å². The summed E-state index contributed by atoms with van der Waals surface area (Å²) in [4.78, 5) is 13.9. The van der Waals surface area contributed by atoms with Crippen LogP contribution in [0.4, 0.5) is 0 Å². The Bertz CT molecular complexity index is 362. The van der Waals surface area contributed by atoms with Crippen molar-refractivity contribution >= 4 is 23.4 Å². The van der Waals surface area contributed by atoms with E-state index < -0.39 is 5.97 Å². The molecule has 0 bridgehead atoms. The predicted molar refractivity (Wildman–Crippen MR) is 41.1 cm³/mol. The van der Waals surface area contributed by atoms with Gasteiger partial charge in [0, 0.05) is 11.5 Å². The van der Waals surface area contributed by atoms with Crippen molar-refractivity contribution in [3.05, 3.63) is 22.2 Å². The molecule has 0 spiro atoms. The molecule has 5 heteroatoms. The number of nitrogens with zero attached hydrogens (tertiary/aromatic N) is 2. The summed E-state index contributed by atoms with van der Waals surface area (Å²) in [6.45, 7) is 0. The molecule has 4 nitrogen and oxygen atoms in total. The summed E-state index contributed by atoms with van der Waals surface area (Å²) in [5, 5.41) is 19.9. The van der Waals surface area contributed by atoms with Gasteiger partial charge in [0.2, 0.25) is 0 Å². The van der Waals surface area contributed by atoms with Gasteiger partial charge in [-0.05, 0) is 6.08 Å². The van der Waals surface area contributed by atoms with Gasteiger partial charge < -0.3 is 9.90 Å². The van der Waals surface area contributed by atoms with Crippen LogP contribution in [0.1, 0.15) is 15.5 Å². The minimum absolute atomic E-state index is 0.0763. The third-order valence-electron chi connectivity index (χ3n) is 1.03. The highest BCUT2D eigenvalue weighted by Crippen LogP contribution is 2.09. The molecule has 0 N–H and O–H groups in total. The lowest BCUT2D eigenvalue weighted by Gasteiger charge is -1.91. The first kappa shape index (κ1) is 8.43. The predicted octanol–water partition coefficient (Wildman–Crippen LogP) is 0.0434. The highest BCUT2D eigenvalue weighted by Gasteiger charge is 1.98. The van der Waals surface area contributed by atoms with E-state index in [4.69, 9.17) is 5.26 Å². The maximum Gasteiger partial charge on any atom is 0.139 e. The molecule has 1 aromatic heterocycles. The fraction of sp³-hybridized carbons (Fsp3) is 0. The number of aromatic carboxylic acids is 1. The van der Waals surface area contributed by atoms with Gasteiger partial charge in [0.05, 0.1) is 11.8 Å². The van der Waals surface area contributed by atoms with Crippen LogP contribution in [0.15, 0.2) is 11.5 Å². The Hall–Kier alpha value is -1.67. The molecule has 0 fully saturated rings. The topological polar surface area (TPSA) is 76.8 Å². The standard InChI is InChI=1S/C7H4N2O2S/c8-3-1-2-5-4-12-6(9-5)7(10)11/h1-2,4H,(H,10,11)/p-1. The molecule has 1 aromatic rings. The van der Waals surface area contributed by atoms with Crippen molar-refractivity contribution in [2.45, 2.75) is 0 Å². The molecule has 0 atom stereocenters. The Balaban J connectivity index is 2.86. The summed E-state index contributed by atoms with van der Waals surface area (Å²) in [7, 11) is 0. The summed E-state index contributed by atoms with van der Waals surface area (Å²) in [6, 6.07) is 1.78. The Kier molecular flexibility index (Phi) is 2.56. The third kappa shape index (κ3) is 1.90. The molecule has 0 aliphatic heterocycles. The average molecular weight is 179 g/mol. The maximum atomic E-state index is 10.2. The quantitative estimate of drug-likeness (QED) is 0.601. The van der Waals surface area contributed by atoms with Gasteiger partial charge in [-0.15, -0.1) is 11.3 Å². The summed E-state index contributed by atoms with van der Waals surface area (Å²) < 4.78 is 0. The second-order valence-corrected chi connectivity index (χ2v) is 2.69. The van der Waals surface area contributed by atoms with Crippen molar-refractivity contribution in [3.8, 4) is 6.07 Å². The Morgan fingerprint density at radius 3 is 3.08 bits per heavy atom. The summed E-state index contributed by atoms with van der Waals surface area (Å²) in [6.07, 6.45) is 2.66.